The molecule has 17 nitrogen and oxygen atoms in total. The summed E-state index contributed by atoms with van der Waals surface area (Å²) in [6, 6.07) is 12.3. The van der Waals surface area contributed by atoms with Crippen molar-refractivity contribution in [3.63, 3.8) is 0 Å². The minimum atomic E-state index is -4.95. The number of nitrogens with zero attached hydrogens (tertiary/aromatic N) is 2. The zero-order valence-electron chi connectivity index (χ0n) is 41.6. The van der Waals surface area contributed by atoms with E-state index in [1.807, 2.05) is 42.7 Å². The van der Waals surface area contributed by atoms with Crippen LogP contribution in [0.4, 0.5) is 11.4 Å². The molecule has 8 rings (SSSR count). The average Bonchev–Trinajstić information content (AvgIpc) is 3.68. The summed E-state index contributed by atoms with van der Waals surface area (Å²) in [4.78, 5) is 13.4. The third-order valence-electron chi connectivity index (χ3n) is 13.9. The molecule has 0 radical (unpaired) electrons. The van der Waals surface area contributed by atoms with Gasteiger partial charge in [0.25, 0.3) is 0 Å². The molecule has 3 aromatic rings. The standard InChI is InChI=1S/C49H56N2O12S3.3Na.O3S/c1-4-5-27-48(2)40(50-29-9-13-32-17-23-38(65(57,58)59)42(48)44(32)50)25-19-34-11-8-12-35(46(34)63-37-21-15-36(16-22-37)47(52)53)20-26-41-49(3,28-6-7-31-64(54,55)56)43-39(66(60,61)62)24-18-33-14-10-30-51(41)45(33)43;;;;1-4(2)3/h15-26H,1,4-14,27-31H2,2-3H3,(H,52,53)(H,54,55,56)(H,57,58,59)(H,60,61,62);;;;/q;3*+1;/p-3. The molecule has 2 atom stereocenters. The van der Waals surface area contributed by atoms with Crippen LogP contribution in [0.1, 0.15) is 117 Å². The van der Waals surface area contributed by atoms with Crippen molar-refractivity contribution in [2.75, 3.05) is 23.7 Å². The number of anilines is 1. The fourth-order valence-corrected chi connectivity index (χ4v) is 13.1. The molecule has 4 heterocycles. The van der Waals surface area contributed by atoms with Crippen LogP contribution in [0.2, 0.25) is 0 Å². The number of carboxylic acids is 1. The largest absolute Gasteiger partial charge is 1.00 e. The smallest absolute Gasteiger partial charge is 0.748 e. The fourth-order valence-electron chi connectivity index (χ4n) is 10.9. The van der Waals surface area contributed by atoms with Crippen LogP contribution in [-0.2, 0) is 64.6 Å². The molecule has 1 aliphatic carbocycles. The van der Waals surface area contributed by atoms with Crippen molar-refractivity contribution in [2.24, 2.45) is 0 Å². The number of aryl methyl sites for hydroxylation is 2. The van der Waals surface area contributed by atoms with E-state index in [-0.39, 0.29) is 123 Å². The van der Waals surface area contributed by atoms with Gasteiger partial charge in [-0.15, -0.1) is 12.6 Å². The molecule has 4 aliphatic heterocycles. The topological polar surface area (TPSA) is 276 Å². The number of allylic oxidation sites excluding steroid dienone is 7. The summed E-state index contributed by atoms with van der Waals surface area (Å²) in [6.45, 7) is 9.06. The number of carbonyl (C=O) groups is 1. The van der Waals surface area contributed by atoms with Gasteiger partial charge in [-0.25, -0.2) is 30.0 Å². The first kappa shape index (κ1) is 63.2. The fraction of sp³-hybridized carbons (Fsp3) is 0.408. The van der Waals surface area contributed by atoms with Gasteiger partial charge in [0.1, 0.15) is 38.3 Å². The number of hydrogen-bond donors (Lipinski definition) is 1. The molecule has 2 unspecified atom stereocenters. The molecule has 0 amide bonds. The molecule has 0 spiro atoms. The summed E-state index contributed by atoms with van der Waals surface area (Å²) in [7, 11) is -17.4. The number of hydrogen-bond acceptors (Lipinski definition) is 15. The Balaban J connectivity index is 0.00000159. The molecule has 0 saturated carbocycles. The Morgan fingerprint density at radius 3 is 1.97 bits per heavy atom. The summed E-state index contributed by atoms with van der Waals surface area (Å²) in [6.07, 6.45) is 15.0. The Labute approximate surface area is 495 Å². The summed E-state index contributed by atoms with van der Waals surface area (Å²) in [5, 5.41) is 9.62. The van der Waals surface area contributed by atoms with E-state index in [0.29, 0.717) is 92.1 Å². The number of aromatic carboxylic acids is 1. The molecule has 73 heavy (non-hydrogen) atoms. The molecular formula is C49H53N2Na3O15S4. The predicted molar refractivity (Wildman–Crippen MR) is 255 cm³/mol. The molecule has 376 valence electrons. The first-order chi connectivity index (χ1) is 32.9. The van der Waals surface area contributed by atoms with Crippen molar-refractivity contribution < 1.29 is 159 Å². The van der Waals surface area contributed by atoms with Gasteiger partial charge in [0.05, 0.1) is 36.5 Å². The van der Waals surface area contributed by atoms with Gasteiger partial charge in [0.15, 0.2) is 5.71 Å². The van der Waals surface area contributed by atoms with Crippen LogP contribution >= 0.6 is 0 Å². The van der Waals surface area contributed by atoms with Gasteiger partial charge in [-0.1, -0.05) is 31.1 Å². The zero-order valence-corrected chi connectivity index (χ0v) is 50.9. The van der Waals surface area contributed by atoms with Crippen molar-refractivity contribution in [3.8, 4) is 5.75 Å². The second-order valence-corrected chi connectivity index (χ2v) is 23.1. The number of rotatable bonds is 16. The molecule has 0 fully saturated rings. The summed E-state index contributed by atoms with van der Waals surface area (Å²) in [5.41, 5.74) is 5.50. The van der Waals surface area contributed by atoms with E-state index in [1.54, 1.807) is 24.3 Å². The maximum absolute atomic E-state index is 12.9. The summed E-state index contributed by atoms with van der Waals surface area (Å²) >= 11 is 0. The van der Waals surface area contributed by atoms with Gasteiger partial charge >= 0.3 is 105 Å². The molecular weight excluding hydrogens is 1050 g/mol. The van der Waals surface area contributed by atoms with Crippen molar-refractivity contribution in [1.29, 1.82) is 0 Å². The van der Waals surface area contributed by atoms with E-state index in [4.69, 9.17) is 17.4 Å². The van der Waals surface area contributed by atoms with Gasteiger partial charge < -0.3 is 35.3 Å². The predicted octanol–water partition coefficient (Wildman–Crippen LogP) is -2.17. The third-order valence-corrected chi connectivity index (χ3v) is 16.5. The molecule has 0 bridgehead atoms. The molecule has 24 heteroatoms. The number of ether oxygens (including phenoxy) is 1. The summed E-state index contributed by atoms with van der Waals surface area (Å²) in [5.74, 6) is -0.785. The minimum Gasteiger partial charge on any atom is -0.748 e. The van der Waals surface area contributed by atoms with Gasteiger partial charge in [0.2, 0.25) is 5.69 Å². The maximum atomic E-state index is 12.9. The van der Waals surface area contributed by atoms with Crippen LogP contribution in [0, 0.1) is 6.92 Å². The first-order valence-corrected chi connectivity index (χ1v) is 28.3. The second-order valence-electron chi connectivity index (χ2n) is 18.5. The Morgan fingerprint density at radius 2 is 1.37 bits per heavy atom. The Hall–Kier alpha value is -2.29. The van der Waals surface area contributed by atoms with E-state index in [0.717, 1.165) is 52.9 Å². The minimum absolute atomic E-state index is 0. The van der Waals surface area contributed by atoms with Crippen LogP contribution in [-0.4, -0.2) is 91.7 Å². The quantitative estimate of drug-likeness (QED) is 0.0526. The van der Waals surface area contributed by atoms with Gasteiger partial charge in [-0.05, 0) is 137 Å². The van der Waals surface area contributed by atoms with Crippen molar-refractivity contribution in [2.45, 2.75) is 118 Å². The molecule has 3 aromatic carbocycles. The van der Waals surface area contributed by atoms with Crippen molar-refractivity contribution in [1.82, 2.24) is 0 Å². The van der Waals surface area contributed by atoms with Crippen LogP contribution in [0.3, 0.4) is 0 Å². The molecule has 0 saturated heterocycles. The molecule has 1 N–H and O–H groups in total. The Morgan fingerprint density at radius 1 is 0.767 bits per heavy atom. The van der Waals surface area contributed by atoms with Crippen LogP contribution in [0.25, 0.3) is 0 Å². The van der Waals surface area contributed by atoms with E-state index in [2.05, 4.69) is 11.8 Å². The van der Waals surface area contributed by atoms with Crippen LogP contribution in [0.15, 0.2) is 105 Å². The van der Waals surface area contributed by atoms with E-state index in [1.165, 1.54) is 24.3 Å². The van der Waals surface area contributed by atoms with Crippen LogP contribution < -0.4 is 98.3 Å². The molecule has 0 aromatic heterocycles. The third kappa shape index (κ3) is 13.9. The zero-order chi connectivity index (χ0) is 51.0. The van der Waals surface area contributed by atoms with Gasteiger partial charge in [0, 0.05) is 52.7 Å². The van der Waals surface area contributed by atoms with E-state index in [9.17, 15) is 48.8 Å². The van der Waals surface area contributed by atoms with Gasteiger partial charge in [-0.2, -0.15) is 11.0 Å². The average molecular weight is 1110 g/mol. The normalized spacial score (nSPS) is 21.2. The first-order valence-electron chi connectivity index (χ1n) is 22.9. The summed E-state index contributed by atoms with van der Waals surface area (Å²) < 4.78 is 146. The number of carboxylic acid groups (broad SMARTS) is 1. The molecule has 5 aliphatic rings. The monoisotopic (exact) mass is 1110 g/mol. The number of unbranched alkanes of at least 4 members (excludes halogenated alkanes) is 2. The Bertz CT molecular complexity index is 3260. The number of benzene rings is 3. The van der Waals surface area contributed by atoms with E-state index >= 15 is 0 Å². The maximum Gasteiger partial charge on any atom is 1.00 e. The van der Waals surface area contributed by atoms with E-state index < -0.39 is 63.5 Å². The van der Waals surface area contributed by atoms with Gasteiger partial charge in [-0.3, -0.25) is 0 Å². The van der Waals surface area contributed by atoms with Crippen molar-refractivity contribution >= 4 is 64.0 Å². The second kappa shape index (κ2) is 25.5. The van der Waals surface area contributed by atoms with Crippen LogP contribution in [0.5, 0.6) is 5.75 Å². The van der Waals surface area contributed by atoms with Crippen molar-refractivity contribution in [3.05, 3.63) is 130 Å². The SMILES string of the molecule is O=S(=O)=O.[CH2-]CCCC1(C)/C(=C\C=C2/CCCC(/C=C/C3=[N+]4CCCc5ccc(S(=O)(=O)[O-])c(c54)C3(C)CCCCS(=O)(=O)[O-])=C2Oc2ccc(C(=O)O)cc2)N2CCCc3ccc(S(=O)(=O)[O-])c1c32.[Na+].[Na+].[Na+]. The Kier molecular flexibility index (Phi) is 22.1.